The molecule has 1 saturated heterocycles. The van der Waals surface area contributed by atoms with Crippen LogP contribution in [-0.4, -0.2) is 33.0 Å². The molecule has 0 saturated carbocycles. The molecule has 0 bridgehead atoms. The van der Waals surface area contributed by atoms with Crippen LogP contribution in [0.5, 0.6) is 0 Å². The van der Waals surface area contributed by atoms with E-state index >= 15 is 0 Å². The molecule has 31 heavy (non-hydrogen) atoms. The van der Waals surface area contributed by atoms with Crippen LogP contribution >= 0.6 is 0 Å². The third-order valence-electron chi connectivity index (χ3n) is 5.91. The van der Waals surface area contributed by atoms with Gasteiger partial charge in [-0.05, 0) is 48.6 Å². The van der Waals surface area contributed by atoms with Crippen LogP contribution in [0.2, 0.25) is 0 Å². The topological polar surface area (TPSA) is 81.5 Å². The summed E-state index contributed by atoms with van der Waals surface area (Å²) < 4.78 is 14.0. The minimum absolute atomic E-state index is 0.0206. The highest BCUT2D eigenvalue weighted by Crippen LogP contribution is 2.41. The fourth-order valence-corrected chi connectivity index (χ4v) is 4.26. The Balaban J connectivity index is 1.74. The highest BCUT2D eigenvalue weighted by Gasteiger charge is 2.26. The number of aryl methyl sites for hydroxylation is 1. The van der Waals surface area contributed by atoms with Crippen molar-refractivity contribution in [3.05, 3.63) is 59.8 Å². The van der Waals surface area contributed by atoms with Gasteiger partial charge in [0.2, 0.25) is 0 Å². The maximum atomic E-state index is 14.0. The summed E-state index contributed by atoms with van der Waals surface area (Å²) in [5.41, 5.74) is 6.12. The first-order chi connectivity index (χ1) is 15.0. The zero-order valence-corrected chi connectivity index (χ0v) is 17.4. The predicted molar refractivity (Wildman–Crippen MR) is 118 cm³/mol. The molecular formula is C24H21FN6. The number of nitrogens with one attached hydrogen (secondary N) is 1. The summed E-state index contributed by atoms with van der Waals surface area (Å²) in [7, 11) is 0. The molecule has 0 spiro atoms. The lowest BCUT2D eigenvalue weighted by molar-refractivity contribution is 0.624. The van der Waals surface area contributed by atoms with Gasteiger partial charge in [0, 0.05) is 37.2 Å². The summed E-state index contributed by atoms with van der Waals surface area (Å²) in [4.78, 5) is 19.3. The number of halogens is 1. The molecule has 5 rings (SSSR count). The summed E-state index contributed by atoms with van der Waals surface area (Å²) in [5.74, 6) is 0.741. The van der Waals surface area contributed by atoms with Crippen molar-refractivity contribution < 1.29 is 4.39 Å². The Hall–Kier alpha value is -3.79. The quantitative estimate of drug-likeness (QED) is 0.520. The maximum absolute atomic E-state index is 14.0. The molecule has 1 N–H and O–H groups in total. The van der Waals surface area contributed by atoms with Crippen LogP contribution in [0.3, 0.4) is 0 Å². The molecule has 3 aromatic heterocycles. The molecule has 1 aliphatic heterocycles. The SMILES string of the molecule is Cc1ccnc2nc(-c3cncc(-c4ccc(F)c(C#N)c4)c3N3CC[C@@H](C)C3)[nH]c12. The second-order valence-electron chi connectivity index (χ2n) is 8.14. The average molecular weight is 412 g/mol. The molecule has 1 aromatic carbocycles. The minimum atomic E-state index is -0.523. The van der Waals surface area contributed by atoms with Gasteiger partial charge in [-0.25, -0.2) is 14.4 Å². The summed E-state index contributed by atoms with van der Waals surface area (Å²) >= 11 is 0. The first-order valence-corrected chi connectivity index (χ1v) is 10.3. The number of H-pyrrole nitrogens is 1. The van der Waals surface area contributed by atoms with Crippen molar-refractivity contribution in [2.45, 2.75) is 20.3 Å². The van der Waals surface area contributed by atoms with Gasteiger partial charge in [-0.1, -0.05) is 13.0 Å². The number of nitrogens with zero attached hydrogens (tertiary/aromatic N) is 5. The Morgan fingerprint density at radius 2 is 2.06 bits per heavy atom. The summed E-state index contributed by atoms with van der Waals surface area (Å²) in [5, 5.41) is 9.31. The lowest BCUT2D eigenvalue weighted by Crippen LogP contribution is -2.21. The number of pyridine rings is 2. The molecule has 0 radical (unpaired) electrons. The van der Waals surface area contributed by atoms with E-state index in [1.54, 1.807) is 24.5 Å². The molecule has 0 aliphatic carbocycles. The van der Waals surface area contributed by atoms with Gasteiger partial charge in [0.25, 0.3) is 0 Å². The van der Waals surface area contributed by atoms with Gasteiger partial charge in [-0.3, -0.25) is 4.98 Å². The van der Waals surface area contributed by atoms with E-state index in [0.717, 1.165) is 53.0 Å². The van der Waals surface area contributed by atoms with Crippen LogP contribution in [0.25, 0.3) is 33.7 Å². The lowest BCUT2D eigenvalue weighted by atomic mass is 9.99. The predicted octanol–water partition coefficient (Wildman–Crippen LogP) is 4.85. The molecule has 1 atom stereocenters. The first-order valence-electron chi connectivity index (χ1n) is 10.3. The zero-order valence-electron chi connectivity index (χ0n) is 17.4. The lowest BCUT2D eigenvalue weighted by Gasteiger charge is -2.24. The molecular weight excluding hydrogens is 391 g/mol. The molecule has 0 unspecified atom stereocenters. The van der Waals surface area contributed by atoms with E-state index in [4.69, 9.17) is 4.98 Å². The van der Waals surface area contributed by atoms with Gasteiger partial charge in [0.1, 0.15) is 17.7 Å². The van der Waals surface area contributed by atoms with Crippen LogP contribution in [0.4, 0.5) is 10.1 Å². The van der Waals surface area contributed by atoms with Crippen LogP contribution in [0.1, 0.15) is 24.5 Å². The summed E-state index contributed by atoms with van der Waals surface area (Å²) in [6.07, 6.45) is 6.43. The monoisotopic (exact) mass is 412 g/mol. The number of anilines is 1. The average Bonchev–Trinajstić information content (AvgIpc) is 3.40. The van der Waals surface area contributed by atoms with Crippen molar-refractivity contribution in [3.8, 4) is 28.6 Å². The fourth-order valence-electron chi connectivity index (χ4n) is 4.26. The van der Waals surface area contributed by atoms with Crippen molar-refractivity contribution in [3.63, 3.8) is 0 Å². The number of imidazole rings is 1. The molecule has 6 nitrogen and oxygen atoms in total. The van der Waals surface area contributed by atoms with E-state index in [0.29, 0.717) is 17.4 Å². The Kier molecular flexibility index (Phi) is 4.63. The van der Waals surface area contributed by atoms with Crippen LogP contribution in [0.15, 0.2) is 42.9 Å². The third-order valence-corrected chi connectivity index (χ3v) is 5.91. The van der Waals surface area contributed by atoms with E-state index in [-0.39, 0.29) is 5.56 Å². The maximum Gasteiger partial charge on any atom is 0.178 e. The van der Waals surface area contributed by atoms with Crippen LogP contribution < -0.4 is 4.90 Å². The molecule has 1 fully saturated rings. The summed E-state index contributed by atoms with van der Waals surface area (Å²) in [6, 6.07) is 8.51. The Morgan fingerprint density at radius 1 is 1.23 bits per heavy atom. The number of hydrogen-bond donors (Lipinski definition) is 1. The van der Waals surface area contributed by atoms with Gasteiger partial charge in [-0.15, -0.1) is 0 Å². The fraction of sp³-hybridized carbons (Fsp3) is 0.250. The normalized spacial score (nSPS) is 16.1. The summed E-state index contributed by atoms with van der Waals surface area (Å²) in [6.45, 7) is 6.08. The molecule has 4 heterocycles. The first kappa shape index (κ1) is 19.2. The number of aromatic amines is 1. The number of fused-ring (bicyclic) bond motifs is 1. The number of hydrogen-bond acceptors (Lipinski definition) is 5. The van der Waals surface area contributed by atoms with E-state index in [1.807, 2.05) is 25.3 Å². The number of aromatic nitrogens is 4. The van der Waals surface area contributed by atoms with E-state index in [2.05, 4.69) is 26.8 Å². The number of rotatable bonds is 3. The second-order valence-corrected chi connectivity index (χ2v) is 8.14. The Morgan fingerprint density at radius 3 is 2.81 bits per heavy atom. The minimum Gasteiger partial charge on any atom is -0.370 e. The molecule has 1 aliphatic rings. The van der Waals surface area contributed by atoms with Crippen molar-refractivity contribution in [2.24, 2.45) is 5.92 Å². The third kappa shape index (κ3) is 3.30. The highest BCUT2D eigenvalue weighted by molar-refractivity contribution is 5.91. The van der Waals surface area contributed by atoms with Crippen LogP contribution in [-0.2, 0) is 0 Å². The van der Waals surface area contributed by atoms with Gasteiger partial charge in [0.15, 0.2) is 5.65 Å². The van der Waals surface area contributed by atoms with Gasteiger partial charge >= 0.3 is 0 Å². The van der Waals surface area contributed by atoms with Crippen molar-refractivity contribution in [1.29, 1.82) is 5.26 Å². The van der Waals surface area contributed by atoms with E-state index in [9.17, 15) is 9.65 Å². The second kappa shape index (κ2) is 7.47. The van der Waals surface area contributed by atoms with Gasteiger partial charge < -0.3 is 9.88 Å². The van der Waals surface area contributed by atoms with Crippen molar-refractivity contribution >= 4 is 16.9 Å². The van der Waals surface area contributed by atoms with E-state index < -0.39 is 5.82 Å². The number of benzene rings is 1. The van der Waals surface area contributed by atoms with E-state index in [1.165, 1.54) is 6.07 Å². The standard InChI is InChI=1S/C24H21FN6/c1-14-6-8-31(13-14)22-18(16-3-4-20(25)17(9-16)10-26)11-27-12-19(22)23-29-21-15(2)5-7-28-24(21)30-23/h3-5,7,9,11-12,14H,6,8,13H2,1-2H3,(H,28,29,30)/t14-/m1/s1. The molecule has 154 valence electrons. The van der Waals surface area contributed by atoms with Crippen molar-refractivity contribution in [2.75, 3.05) is 18.0 Å². The zero-order chi connectivity index (χ0) is 21.5. The largest absolute Gasteiger partial charge is 0.370 e. The number of nitriles is 1. The van der Waals surface area contributed by atoms with Crippen molar-refractivity contribution in [1.82, 2.24) is 19.9 Å². The smallest absolute Gasteiger partial charge is 0.178 e. The molecule has 7 heteroatoms. The van der Waals surface area contributed by atoms with Gasteiger partial charge in [0.05, 0.1) is 22.3 Å². The van der Waals surface area contributed by atoms with Crippen LogP contribution in [0, 0.1) is 30.0 Å². The van der Waals surface area contributed by atoms with Gasteiger partial charge in [-0.2, -0.15) is 5.26 Å². The molecule has 4 aromatic rings. The highest BCUT2D eigenvalue weighted by atomic mass is 19.1. The Bertz CT molecular complexity index is 1340. The molecule has 0 amide bonds. The Labute approximate surface area is 179 Å².